The minimum atomic E-state index is -4.64. The zero-order valence-corrected chi connectivity index (χ0v) is 16.0. The Hall–Kier alpha value is 2.93. The van der Waals surface area contributed by atoms with E-state index in [2.05, 4.69) is 0 Å². The van der Waals surface area contributed by atoms with Gasteiger partial charge in [0, 0.05) is 0 Å². The first kappa shape index (κ1) is 52.1. The maximum atomic E-state index is 8.88. The number of phosphoric acid groups is 1. The summed E-state index contributed by atoms with van der Waals surface area (Å²) >= 11 is 0. The summed E-state index contributed by atoms with van der Waals surface area (Å²) in [5.41, 5.74) is 0. The summed E-state index contributed by atoms with van der Waals surface area (Å²) in [5.74, 6) is 0. The Bertz CT molecular complexity index is 101. The fourth-order valence-electron chi connectivity index (χ4n) is 0. The van der Waals surface area contributed by atoms with E-state index in [0.717, 1.165) is 0 Å². The third-order valence-corrected chi connectivity index (χ3v) is 0. The summed E-state index contributed by atoms with van der Waals surface area (Å²) in [6, 6.07) is 0. The first-order valence-electron chi connectivity index (χ1n) is 1.49. The van der Waals surface area contributed by atoms with Crippen LogP contribution in [0.5, 0.6) is 0 Å². The summed E-state index contributed by atoms with van der Waals surface area (Å²) in [6.07, 6.45) is 0. The van der Waals surface area contributed by atoms with Crippen molar-refractivity contribution in [3.63, 3.8) is 0 Å². The molecule has 0 saturated carbocycles. The van der Waals surface area contributed by atoms with E-state index < -0.39 is 15.1 Å². The van der Waals surface area contributed by atoms with Crippen LogP contribution in [-0.2, 0) is 4.57 Å². The molecule has 12 N–H and O–H groups in total. The van der Waals surface area contributed by atoms with Gasteiger partial charge in [0.1, 0.15) is 0 Å². The van der Waals surface area contributed by atoms with Crippen molar-refractivity contribution in [2.24, 2.45) is 0 Å². The molecule has 0 spiro atoms. The molecule has 0 aliphatic carbocycles. The second-order valence-electron chi connectivity index (χ2n) is 0.802. The van der Waals surface area contributed by atoms with E-state index in [4.69, 9.17) is 34.3 Å². The first-order valence-corrected chi connectivity index (χ1v) is 3.05. The predicted molar refractivity (Wildman–Crippen MR) is 35.1 cm³/mol. The molecule has 0 atom stereocenters. The van der Waals surface area contributed by atoms with Crippen LogP contribution in [0, 0.1) is 0 Å². The van der Waals surface area contributed by atoms with Gasteiger partial charge >= 0.3 is 96.5 Å². The van der Waals surface area contributed by atoms with Crippen molar-refractivity contribution in [2.75, 3.05) is 0 Å². The Morgan fingerprint density at radius 1 is 0.800 bits per heavy atom. The van der Waals surface area contributed by atoms with Gasteiger partial charge in [-0.15, -0.1) is 0 Å². The van der Waals surface area contributed by atoms with Crippen LogP contribution in [0.3, 0.4) is 0 Å². The van der Waals surface area contributed by atoms with Crippen LogP contribution in [0.15, 0.2) is 0 Å². The molecule has 0 radical (unpaired) electrons. The average molecular weight is 277 g/mol. The second-order valence-corrected chi connectivity index (χ2v) is 1.83. The zero-order valence-electron chi connectivity index (χ0n) is 9.12. The number of hydrogen-bond donors (Lipinski definition) is 6. The van der Waals surface area contributed by atoms with Gasteiger partial charge < -0.3 is 48.2 Å². The summed E-state index contributed by atoms with van der Waals surface area (Å²) in [5, 5.41) is 25.2. The van der Waals surface area contributed by atoms with E-state index in [1.165, 1.54) is 0 Å². The average Bonchev–Trinajstić information content (AvgIpc) is 1.19. The van der Waals surface area contributed by atoms with Crippen molar-refractivity contribution >= 4 is 15.1 Å². The summed E-state index contributed by atoms with van der Waals surface area (Å²) in [7, 11) is -7.56. The van der Waals surface area contributed by atoms with Crippen molar-refractivity contribution in [3.05, 3.63) is 0 Å². The van der Waals surface area contributed by atoms with Gasteiger partial charge in [-0.1, -0.05) is 0 Å². The second kappa shape index (κ2) is 30.2. The monoisotopic (exact) mass is 277 g/mol. The van der Waals surface area contributed by atoms with Crippen LogP contribution in [0.2, 0.25) is 0 Å². The first-order chi connectivity index (χ1) is 3.73. The smallest absolute Gasteiger partial charge is 0.907 e. The fourth-order valence-corrected chi connectivity index (χ4v) is 0. The van der Waals surface area contributed by atoms with E-state index in [-0.39, 0.29) is 107 Å². The van der Waals surface area contributed by atoms with Gasteiger partial charge in [0.2, 0.25) is 0 Å². The molecule has 0 saturated heterocycles. The molecule has 80 valence electrons. The van der Waals surface area contributed by atoms with Crippen LogP contribution >= 0.6 is 7.82 Å². The van der Waals surface area contributed by atoms with Crippen molar-refractivity contribution in [1.29, 1.82) is 0 Å². The standard InChI is InChI=1S/BO3.3H3N.3Na.H3O4P/c2-1(3)4;;;;;;;1-5(2,3)4/h;3*1H3;;;;(H3,1,2,3,4)/q-3;;;;3*+1;. The largest absolute Gasteiger partial charge is 1.00 e. The Labute approximate surface area is 154 Å². The molecule has 0 rings (SSSR count). The van der Waals surface area contributed by atoms with E-state index >= 15 is 0 Å². The summed E-state index contributed by atoms with van der Waals surface area (Å²) in [4.78, 5) is 21.6. The van der Waals surface area contributed by atoms with E-state index in [1.54, 1.807) is 0 Å². The Kier molecular flexibility index (Phi) is 105. The van der Waals surface area contributed by atoms with E-state index in [1.807, 2.05) is 0 Å². The van der Waals surface area contributed by atoms with Crippen LogP contribution < -0.4 is 122 Å². The van der Waals surface area contributed by atoms with Gasteiger partial charge in [0.15, 0.2) is 0 Å². The predicted octanol–water partition coefficient (Wildman–Crippen LogP) is -13.4. The molecule has 15 heteroatoms. The molecule has 0 aromatic heterocycles. The van der Waals surface area contributed by atoms with Crippen LogP contribution in [-0.4, -0.2) is 22.0 Å². The van der Waals surface area contributed by atoms with Gasteiger partial charge in [0.25, 0.3) is 0 Å². The summed E-state index contributed by atoms with van der Waals surface area (Å²) < 4.78 is 8.88. The third kappa shape index (κ3) is 439. The molecular formula is H12BN3Na3O7P. The van der Waals surface area contributed by atoms with Crippen molar-refractivity contribution < 1.29 is 123 Å². The minimum Gasteiger partial charge on any atom is -0.907 e. The van der Waals surface area contributed by atoms with Crippen molar-refractivity contribution in [1.82, 2.24) is 18.5 Å². The molecule has 0 amide bonds. The van der Waals surface area contributed by atoms with Crippen LogP contribution in [0.25, 0.3) is 0 Å². The molecule has 0 heterocycles. The molecule has 0 aromatic rings. The Balaban J connectivity index is -0.00000000785. The van der Waals surface area contributed by atoms with E-state index in [9.17, 15) is 0 Å². The third-order valence-electron chi connectivity index (χ3n) is 0. The molecular weight excluding hydrogens is 265 g/mol. The number of rotatable bonds is 0. The molecule has 0 aromatic carbocycles. The van der Waals surface area contributed by atoms with Crippen LogP contribution in [0.4, 0.5) is 0 Å². The molecule has 0 bridgehead atoms. The zero-order chi connectivity index (χ0) is 8.08. The Morgan fingerprint density at radius 2 is 0.800 bits per heavy atom. The van der Waals surface area contributed by atoms with Gasteiger partial charge in [-0.25, -0.2) is 4.57 Å². The van der Waals surface area contributed by atoms with Gasteiger partial charge in [-0.05, 0) is 0 Å². The molecule has 0 fully saturated rings. The topological polar surface area (TPSA) is 252 Å². The molecule has 15 heavy (non-hydrogen) atoms. The van der Waals surface area contributed by atoms with Gasteiger partial charge in [0.05, 0.1) is 0 Å². The molecule has 0 aliphatic heterocycles. The molecule has 0 unspecified atom stereocenters. The SMILES string of the molecule is N.N.N.O=P(O)(O)O.[Na+].[Na+].[Na+].[O-]B([O-])[O-]. The molecule has 0 aliphatic rings. The maximum absolute atomic E-state index is 8.88. The maximum Gasteiger partial charge on any atom is 1.00 e. The molecule has 10 nitrogen and oxygen atoms in total. The van der Waals surface area contributed by atoms with Crippen molar-refractivity contribution in [3.8, 4) is 0 Å². The van der Waals surface area contributed by atoms with Crippen LogP contribution in [0.1, 0.15) is 0 Å². The van der Waals surface area contributed by atoms with Gasteiger partial charge in [-0.2, -0.15) is 0 Å². The van der Waals surface area contributed by atoms with Crippen molar-refractivity contribution in [2.45, 2.75) is 0 Å². The van der Waals surface area contributed by atoms with Gasteiger partial charge in [-0.3, -0.25) is 7.32 Å². The van der Waals surface area contributed by atoms with E-state index in [0.29, 0.717) is 0 Å². The number of hydrogen-bond acceptors (Lipinski definition) is 7. The fraction of sp³-hybridized carbons (Fsp3) is 0. The quantitative estimate of drug-likeness (QED) is 0.180. The minimum absolute atomic E-state index is 0. The Morgan fingerprint density at radius 3 is 0.800 bits per heavy atom. The normalized spacial score (nSPS) is 5.73. The summed E-state index contributed by atoms with van der Waals surface area (Å²) in [6.45, 7) is 0.